The van der Waals surface area contributed by atoms with Crippen LogP contribution < -0.4 is 5.73 Å². The number of Topliss-reactive ketones (excluding diaryl/α,β-unsaturated/α-hetero) is 1. The van der Waals surface area contributed by atoms with Crippen molar-refractivity contribution in [3.63, 3.8) is 0 Å². The van der Waals surface area contributed by atoms with E-state index in [1.165, 1.54) is 12.7 Å². The zero-order valence-corrected chi connectivity index (χ0v) is 10.4. The Kier molecular flexibility index (Phi) is 4.13. The number of hydrogen-bond acceptors (Lipinski definition) is 6. The summed E-state index contributed by atoms with van der Waals surface area (Å²) < 4.78 is 0. The van der Waals surface area contributed by atoms with Crippen LogP contribution in [0.2, 0.25) is 0 Å². The van der Waals surface area contributed by atoms with Crippen molar-refractivity contribution < 1.29 is 9.59 Å². The van der Waals surface area contributed by atoms with Gasteiger partial charge in [-0.1, -0.05) is 30.3 Å². The SMILES string of the molecule is Nc1ncnc2nc[nH]c12.O=CC(=O)c1ccccc1. The van der Waals surface area contributed by atoms with Crippen LogP contribution in [0.4, 0.5) is 5.82 Å². The highest BCUT2D eigenvalue weighted by Gasteiger charge is 2.00. The fraction of sp³-hybridized carbons (Fsp3) is 0. The van der Waals surface area contributed by atoms with Crippen molar-refractivity contribution in [3.8, 4) is 0 Å². The predicted molar refractivity (Wildman–Crippen MR) is 72.9 cm³/mol. The highest BCUT2D eigenvalue weighted by molar-refractivity contribution is 6.33. The summed E-state index contributed by atoms with van der Waals surface area (Å²) in [7, 11) is 0. The Bertz CT molecular complexity index is 724. The molecule has 3 aromatic rings. The second-order valence-electron chi connectivity index (χ2n) is 3.71. The van der Waals surface area contributed by atoms with E-state index in [2.05, 4.69) is 19.9 Å². The Labute approximate surface area is 113 Å². The Morgan fingerprint density at radius 1 is 1.15 bits per heavy atom. The number of carbonyl (C=O) groups is 2. The molecule has 0 fully saturated rings. The lowest BCUT2D eigenvalue weighted by molar-refractivity contribution is -0.104. The fourth-order valence-electron chi connectivity index (χ4n) is 1.45. The number of nitrogens with two attached hydrogens (primary N) is 1. The molecule has 0 saturated heterocycles. The number of H-pyrrole nitrogens is 1. The topological polar surface area (TPSA) is 115 Å². The molecule has 2 aromatic heterocycles. The summed E-state index contributed by atoms with van der Waals surface area (Å²) in [5, 5.41) is 0. The molecule has 0 unspecified atom stereocenters. The minimum absolute atomic E-state index is 0.315. The van der Waals surface area contributed by atoms with Gasteiger partial charge >= 0.3 is 0 Å². The second-order valence-corrected chi connectivity index (χ2v) is 3.71. The standard InChI is InChI=1S/C8H6O2.C5H5N5/c9-6-8(10)7-4-2-1-3-5-7;6-4-3-5(9-1-7-3)10-2-8-4/h1-6H;1-2H,(H3,6,7,8,9,10). The lowest BCUT2D eigenvalue weighted by Gasteiger charge is -1.89. The van der Waals surface area contributed by atoms with Crippen LogP contribution in [-0.4, -0.2) is 32.0 Å². The molecule has 0 aliphatic heterocycles. The number of carbonyl (C=O) groups excluding carboxylic acids is 2. The number of nitrogens with one attached hydrogen (secondary N) is 1. The third kappa shape index (κ3) is 3.02. The van der Waals surface area contributed by atoms with Gasteiger partial charge < -0.3 is 10.7 Å². The summed E-state index contributed by atoms with van der Waals surface area (Å²) >= 11 is 0. The van der Waals surface area contributed by atoms with Crippen molar-refractivity contribution in [3.05, 3.63) is 48.5 Å². The Morgan fingerprint density at radius 3 is 2.55 bits per heavy atom. The number of ketones is 1. The molecule has 0 radical (unpaired) electrons. The maximum absolute atomic E-state index is 10.6. The van der Waals surface area contributed by atoms with E-state index in [1.54, 1.807) is 30.3 Å². The molecule has 7 nitrogen and oxygen atoms in total. The molecule has 3 N–H and O–H groups in total. The van der Waals surface area contributed by atoms with E-state index < -0.39 is 5.78 Å². The molecular formula is C13H11N5O2. The van der Waals surface area contributed by atoms with E-state index in [1.807, 2.05) is 0 Å². The molecule has 7 heteroatoms. The van der Waals surface area contributed by atoms with E-state index in [0.29, 0.717) is 28.8 Å². The predicted octanol–water partition coefficient (Wildman–Crippen LogP) is 1.00. The van der Waals surface area contributed by atoms with Gasteiger partial charge in [0.1, 0.15) is 11.8 Å². The average Bonchev–Trinajstić information content (AvgIpc) is 2.98. The summed E-state index contributed by atoms with van der Waals surface area (Å²) in [6.45, 7) is 0. The van der Waals surface area contributed by atoms with Gasteiger partial charge in [0.2, 0.25) is 5.78 Å². The van der Waals surface area contributed by atoms with E-state index in [9.17, 15) is 9.59 Å². The number of aldehydes is 1. The maximum Gasteiger partial charge on any atom is 0.225 e. The lowest BCUT2D eigenvalue weighted by Crippen LogP contribution is -1.97. The van der Waals surface area contributed by atoms with Gasteiger partial charge in [-0.2, -0.15) is 0 Å². The molecule has 0 aliphatic carbocycles. The average molecular weight is 269 g/mol. The summed E-state index contributed by atoms with van der Waals surface area (Å²) in [6, 6.07) is 8.45. The van der Waals surface area contributed by atoms with E-state index in [4.69, 9.17) is 5.73 Å². The van der Waals surface area contributed by atoms with Crippen LogP contribution in [0.5, 0.6) is 0 Å². The highest BCUT2D eigenvalue weighted by Crippen LogP contribution is 2.09. The van der Waals surface area contributed by atoms with Crippen LogP contribution in [0.3, 0.4) is 0 Å². The first-order chi connectivity index (χ1) is 9.72. The normalized spacial score (nSPS) is 9.60. The summed E-state index contributed by atoms with van der Waals surface area (Å²) in [4.78, 5) is 35.0. The Balaban J connectivity index is 0.000000147. The van der Waals surface area contributed by atoms with Gasteiger partial charge in [0.25, 0.3) is 0 Å². The molecule has 20 heavy (non-hydrogen) atoms. The summed E-state index contributed by atoms with van der Waals surface area (Å²) in [5.41, 5.74) is 7.22. The zero-order valence-electron chi connectivity index (χ0n) is 10.4. The van der Waals surface area contributed by atoms with Crippen LogP contribution in [0.25, 0.3) is 11.2 Å². The smallest absolute Gasteiger partial charge is 0.225 e. The van der Waals surface area contributed by atoms with E-state index in [0.717, 1.165) is 0 Å². The number of nitrogens with zero attached hydrogens (tertiary/aromatic N) is 3. The molecule has 100 valence electrons. The molecule has 3 rings (SSSR count). The first kappa shape index (κ1) is 13.3. The van der Waals surface area contributed by atoms with Crippen LogP contribution in [0.1, 0.15) is 10.4 Å². The van der Waals surface area contributed by atoms with E-state index >= 15 is 0 Å². The number of aromatic nitrogens is 4. The maximum atomic E-state index is 10.6. The molecular weight excluding hydrogens is 258 g/mol. The number of aromatic amines is 1. The minimum atomic E-state index is -0.472. The van der Waals surface area contributed by atoms with Crippen molar-refractivity contribution in [2.24, 2.45) is 0 Å². The van der Waals surface area contributed by atoms with Crippen molar-refractivity contribution in [1.82, 2.24) is 19.9 Å². The van der Waals surface area contributed by atoms with Gasteiger partial charge in [-0.15, -0.1) is 0 Å². The Hall–Kier alpha value is -3.09. The highest BCUT2D eigenvalue weighted by atomic mass is 16.2. The lowest BCUT2D eigenvalue weighted by atomic mass is 10.1. The van der Waals surface area contributed by atoms with Crippen LogP contribution >= 0.6 is 0 Å². The first-order valence-electron chi connectivity index (χ1n) is 5.66. The molecule has 0 atom stereocenters. The van der Waals surface area contributed by atoms with E-state index in [-0.39, 0.29) is 0 Å². The van der Waals surface area contributed by atoms with Gasteiger partial charge in [-0.25, -0.2) is 15.0 Å². The van der Waals surface area contributed by atoms with Crippen molar-refractivity contribution >= 4 is 29.1 Å². The second kappa shape index (κ2) is 6.19. The number of benzene rings is 1. The van der Waals surface area contributed by atoms with Gasteiger partial charge in [0.15, 0.2) is 17.8 Å². The quantitative estimate of drug-likeness (QED) is 0.407. The zero-order chi connectivity index (χ0) is 14.4. The Morgan fingerprint density at radius 2 is 1.90 bits per heavy atom. The first-order valence-corrected chi connectivity index (χ1v) is 5.66. The van der Waals surface area contributed by atoms with Crippen molar-refractivity contribution in [2.75, 3.05) is 5.73 Å². The van der Waals surface area contributed by atoms with Crippen LogP contribution in [0, 0.1) is 0 Å². The summed E-state index contributed by atoms with van der Waals surface area (Å²) in [5.74, 6) is -0.0388. The third-order valence-electron chi connectivity index (χ3n) is 2.42. The molecule has 0 spiro atoms. The van der Waals surface area contributed by atoms with Crippen LogP contribution in [-0.2, 0) is 4.79 Å². The number of anilines is 1. The number of rotatable bonds is 2. The third-order valence-corrected chi connectivity index (χ3v) is 2.42. The van der Waals surface area contributed by atoms with Gasteiger partial charge in [0.05, 0.1) is 6.33 Å². The number of fused-ring (bicyclic) bond motifs is 1. The molecule has 1 aromatic carbocycles. The minimum Gasteiger partial charge on any atom is -0.382 e. The van der Waals surface area contributed by atoms with Crippen LogP contribution in [0.15, 0.2) is 43.0 Å². The molecule has 0 bridgehead atoms. The largest absolute Gasteiger partial charge is 0.382 e. The monoisotopic (exact) mass is 269 g/mol. The molecule has 0 aliphatic rings. The molecule has 0 amide bonds. The number of hydrogen-bond donors (Lipinski definition) is 2. The van der Waals surface area contributed by atoms with Crippen molar-refractivity contribution in [2.45, 2.75) is 0 Å². The number of imidazole rings is 1. The molecule has 0 saturated carbocycles. The van der Waals surface area contributed by atoms with Gasteiger partial charge in [0, 0.05) is 5.56 Å². The van der Waals surface area contributed by atoms with Crippen molar-refractivity contribution in [1.29, 1.82) is 0 Å². The number of nitrogen functional groups attached to an aromatic ring is 1. The van der Waals surface area contributed by atoms with Gasteiger partial charge in [-0.05, 0) is 0 Å². The summed E-state index contributed by atoms with van der Waals surface area (Å²) in [6.07, 6.45) is 3.24. The fourth-order valence-corrected chi connectivity index (χ4v) is 1.45. The van der Waals surface area contributed by atoms with Gasteiger partial charge in [-0.3, -0.25) is 9.59 Å². The molecule has 2 heterocycles.